The first-order valence-electron chi connectivity index (χ1n) is 20.6. The van der Waals surface area contributed by atoms with Gasteiger partial charge in [-0.2, -0.15) is 0 Å². The van der Waals surface area contributed by atoms with Gasteiger partial charge < -0.3 is 4.42 Å². The van der Waals surface area contributed by atoms with Crippen molar-refractivity contribution < 1.29 is 4.42 Å². The Labute approximate surface area is 348 Å². The minimum absolute atomic E-state index is 0.0929. The fourth-order valence-corrected chi connectivity index (χ4v) is 9.57. The van der Waals surface area contributed by atoms with Crippen LogP contribution < -0.4 is 0 Å². The maximum absolute atomic E-state index is 6.40. The van der Waals surface area contributed by atoms with E-state index in [9.17, 15) is 0 Å². The van der Waals surface area contributed by atoms with Crippen LogP contribution in [-0.2, 0) is 5.41 Å². The van der Waals surface area contributed by atoms with Crippen LogP contribution in [0.4, 0.5) is 0 Å². The van der Waals surface area contributed by atoms with Crippen LogP contribution >= 0.6 is 0 Å². The molecular formula is C57H38N2O. The zero-order chi connectivity index (χ0) is 40.0. The first-order chi connectivity index (χ1) is 29.5. The minimum Gasteiger partial charge on any atom is -0.456 e. The fourth-order valence-electron chi connectivity index (χ4n) is 9.57. The maximum Gasteiger partial charge on any atom is 0.160 e. The third-order valence-electron chi connectivity index (χ3n) is 12.7. The average Bonchev–Trinajstić information content (AvgIpc) is 3.78. The van der Waals surface area contributed by atoms with Crippen LogP contribution in [0.25, 0.3) is 111 Å². The van der Waals surface area contributed by atoms with Gasteiger partial charge in [-0.3, -0.25) is 0 Å². The average molecular weight is 767 g/mol. The van der Waals surface area contributed by atoms with E-state index >= 15 is 0 Å². The topological polar surface area (TPSA) is 38.9 Å². The lowest BCUT2D eigenvalue weighted by Crippen LogP contribution is -2.14. The number of hydrogen-bond donors (Lipinski definition) is 0. The second-order valence-electron chi connectivity index (χ2n) is 16.6. The molecule has 1 aliphatic rings. The summed E-state index contributed by atoms with van der Waals surface area (Å²) < 4.78 is 6.40. The molecule has 0 spiro atoms. The Kier molecular flexibility index (Phi) is 7.58. The SMILES string of the molecule is CC1(C)c2cc3ccccc3cc2-c2c(-c3ccc(-c4cc(-c5ccc(-c6cccc7oc8cc9ccccc9cc8c67)cc5)nc(-c5ccccc5)n4)cc3)cccc21. The van der Waals surface area contributed by atoms with Crippen molar-refractivity contribution in [3.8, 4) is 67.3 Å². The molecule has 3 nitrogen and oxygen atoms in total. The molecule has 282 valence electrons. The normalized spacial score (nSPS) is 13.0. The Morgan fingerprint density at radius 2 is 0.933 bits per heavy atom. The second kappa shape index (κ2) is 13.2. The van der Waals surface area contributed by atoms with Crippen LogP contribution in [0.5, 0.6) is 0 Å². The Bertz CT molecular complexity index is 3490. The maximum atomic E-state index is 6.40. The van der Waals surface area contributed by atoms with Gasteiger partial charge in [-0.25, -0.2) is 9.97 Å². The second-order valence-corrected chi connectivity index (χ2v) is 16.6. The summed E-state index contributed by atoms with van der Waals surface area (Å²) in [5, 5.41) is 7.19. The van der Waals surface area contributed by atoms with Crippen molar-refractivity contribution in [3.63, 3.8) is 0 Å². The van der Waals surface area contributed by atoms with Crippen LogP contribution in [0, 0.1) is 0 Å². The highest BCUT2D eigenvalue weighted by atomic mass is 16.3. The van der Waals surface area contributed by atoms with Gasteiger partial charge in [0.05, 0.1) is 11.4 Å². The molecular weight excluding hydrogens is 729 g/mol. The summed E-state index contributed by atoms with van der Waals surface area (Å²) in [7, 11) is 0. The lowest BCUT2D eigenvalue weighted by molar-refractivity contribution is 0.661. The number of nitrogens with zero attached hydrogens (tertiary/aromatic N) is 2. The molecule has 0 fully saturated rings. The standard InChI is InChI=1S/C57H38N2O/c1-57(2)48-20-10-18-44(54(48)46-30-40-14-6-8-16-42(40)32-49(46)57)35-22-26-37(27-23-35)50-34-51(59-56(58-50)39-12-4-3-5-13-39)38-28-24-36(25-29-38)45-19-11-21-52-55(45)47-31-41-15-7-9-17-43(41)33-53(47)60-52/h3-34H,1-2H3. The van der Waals surface area contributed by atoms with Crippen LogP contribution in [0.3, 0.4) is 0 Å². The summed E-state index contributed by atoms with van der Waals surface area (Å²) >= 11 is 0. The summed E-state index contributed by atoms with van der Waals surface area (Å²) in [6, 6.07) is 69.5. The molecule has 0 bridgehead atoms. The molecule has 0 N–H and O–H groups in total. The molecule has 0 aliphatic heterocycles. The molecule has 0 atom stereocenters. The van der Waals surface area contributed by atoms with Gasteiger partial charge in [-0.15, -0.1) is 0 Å². The fraction of sp³-hybridized carbons (Fsp3) is 0.0526. The lowest BCUT2D eigenvalue weighted by Gasteiger charge is -2.22. The molecule has 60 heavy (non-hydrogen) atoms. The third kappa shape index (κ3) is 5.43. The number of rotatable bonds is 5. The molecule has 2 aromatic heterocycles. The molecule has 0 saturated heterocycles. The molecule has 12 rings (SSSR count). The number of furan rings is 1. The highest BCUT2D eigenvalue weighted by Gasteiger charge is 2.37. The number of hydrogen-bond acceptors (Lipinski definition) is 3. The lowest BCUT2D eigenvalue weighted by atomic mass is 9.81. The first-order valence-corrected chi connectivity index (χ1v) is 20.6. The predicted octanol–water partition coefficient (Wildman–Crippen LogP) is 15.3. The van der Waals surface area contributed by atoms with Crippen molar-refractivity contribution in [1.82, 2.24) is 9.97 Å². The summed E-state index contributed by atoms with van der Waals surface area (Å²) in [6.45, 7) is 4.71. The van der Waals surface area contributed by atoms with E-state index in [-0.39, 0.29) is 5.41 Å². The highest BCUT2D eigenvalue weighted by molar-refractivity contribution is 6.15. The Morgan fingerprint density at radius 3 is 1.62 bits per heavy atom. The number of benzene rings is 9. The Morgan fingerprint density at radius 1 is 0.383 bits per heavy atom. The van der Waals surface area contributed by atoms with Crippen LogP contribution in [0.15, 0.2) is 199 Å². The van der Waals surface area contributed by atoms with E-state index in [2.05, 4.69) is 190 Å². The van der Waals surface area contributed by atoms with E-state index in [1.54, 1.807) is 0 Å². The third-order valence-corrected chi connectivity index (χ3v) is 12.7. The highest BCUT2D eigenvalue weighted by Crippen LogP contribution is 2.53. The smallest absolute Gasteiger partial charge is 0.160 e. The molecule has 9 aromatic carbocycles. The van der Waals surface area contributed by atoms with Gasteiger partial charge in [-0.05, 0) is 102 Å². The van der Waals surface area contributed by atoms with E-state index in [0.717, 1.165) is 61.1 Å². The van der Waals surface area contributed by atoms with E-state index in [1.165, 1.54) is 54.9 Å². The molecule has 0 unspecified atom stereocenters. The summed E-state index contributed by atoms with van der Waals surface area (Å²) in [4.78, 5) is 10.3. The summed E-state index contributed by atoms with van der Waals surface area (Å²) in [5.74, 6) is 0.699. The van der Waals surface area contributed by atoms with E-state index in [4.69, 9.17) is 14.4 Å². The van der Waals surface area contributed by atoms with E-state index in [0.29, 0.717) is 5.82 Å². The molecule has 11 aromatic rings. The molecule has 1 aliphatic carbocycles. The number of fused-ring (bicyclic) bond motifs is 8. The molecule has 0 radical (unpaired) electrons. The zero-order valence-electron chi connectivity index (χ0n) is 33.3. The van der Waals surface area contributed by atoms with Gasteiger partial charge in [0.1, 0.15) is 11.2 Å². The molecule has 3 heteroatoms. The van der Waals surface area contributed by atoms with Crippen molar-refractivity contribution in [1.29, 1.82) is 0 Å². The Balaban J connectivity index is 0.931. The van der Waals surface area contributed by atoms with Crippen molar-refractivity contribution in [2.24, 2.45) is 0 Å². The summed E-state index contributed by atoms with van der Waals surface area (Å²) in [5.41, 5.74) is 16.6. The predicted molar refractivity (Wildman–Crippen MR) is 249 cm³/mol. The number of aromatic nitrogens is 2. The minimum atomic E-state index is -0.0929. The van der Waals surface area contributed by atoms with Crippen molar-refractivity contribution in [2.45, 2.75) is 19.3 Å². The van der Waals surface area contributed by atoms with Gasteiger partial charge in [0.15, 0.2) is 5.82 Å². The molecule has 0 amide bonds. The molecule has 2 heterocycles. The zero-order valence-corrected chi connectivity index (χ0v) is 33.3. The van der Waals surface area contributed by atoms with Gasteiger partial charge in [0.25, 0.3) is 0 Å². The van der Waals surface area contributed by atoms with Crippen LogP contribution in [-0.4, -0.2) is 9.97 Å². The van der Waals surface area contributed by atoms with Gasteiger partial charge in [-0.1, -0.05) is 172 Å². The molecule has 0 saturated carbocycles. The monoisotopic (exact) mass is 766 g/mol. The van der Waals surface area contributed by atoms with Crippen LogP contribution in [0.1, 0.15) is 25.0 Å². The Hall–Kier alpha value is -7.62. The summed E-state index contributed by atoms with van der Waals surface area (Å²) in [6.07, 6.45) is 0. The van der Waals surface area contributed by atoms with Crippen molar-refractivity contribution >= 4 is 43.5 Å². The van der Waals surface area contributed by atoms with Gasteiger partial charge in [0.2, 0.25) is 0 Å². The van der Waals surface area contributed by atoms with Crippen LogP contribution in [0.2, 0.25) is 0 Å². The first kappa shape index (κ1) is 34.4. The van der Waals surface area contributed by atoms with E-state index in [1.807, 2.05) is 18.2 Å². The largest absolute Gasteiger partial charge is 0.456 e. The van der Waals surface area contributed by atoms with E-state index < -0.39 is 0 Å². The quantitative estimate of drug-likeness (QED) is 0.175. The van der Waals surface area contributed by atoms with Gasteiger partial charge >= 0.3 is 0 Å². The van der Waals surface area contributed by atoms with Crippen molar-refractivity contribution in [3.05, 3.63) is 205 Å². The van der Waals surface area contributed by atoms with Gasteiger partial charge in [0, 0.05) is 32.9 Å². The van der Waals surface area contributed by atoms with Crippen molar-refractivity contribution in [2.75, 3.05) is 0 Å².